The van der Waals surface area contributed by atoms with Gasteiger partial charge in [-0.3, -0.25) is 9.59 Å². The minimum atomic E-state index is -0.108. The van der Waals surface area contributed by atoms with Crippen LogP contribution in [0.2, 0.25) is 5.02 Å². The Bertz CT molecular complexity index is 448. The van der Waals surface area contributed by atoms with Crippen LogP contribution in [-0.4, -0.2) is 36.3 Å². The zero-order chi connectivity index (χ0) is 12.3. The Morgan fingerprint density at radius 2 is 2.18 bits per heavy atom. The van der Waals surface area contributed by atoms with Gasteiger partial charge in [0, 0.05) is 18.1 Å². The van der Waals surface area contributed by atoms with Crippen LogP contribution < -0.4 is 5.32 Å². The number of benzene rings is 1. The van der Waals surface area contributed by atoms with Crippen LogP contribution in [0.15, 0.2) is 24.3 Å². The molecule has 0 radical (unpaired) electrons. The fraction of sp³-hybridized carbons (Fsp3) is 0.333. The first-order chi connectivity index (χ1) is 8.16. The number of carbonyl (C=O) groups excluding carboxylic acids is 2. The average Bonchev–Trinajstić information content (AvgIpc) is 2.32. The van der Waals surface area contributed by atoms with Gasteiger partial charge in [0.05, 0.1) is 13.0 Å². The number of halogens is 1. The summed E-state index contributed by atoms with van der Waals surface area (Å²) < 4.78 is 0. The van der Waals surface area contributed by atoms with Crippen molar-refractivity contribution in [3.8, 4) is 0 Å². The van der Waals surface area contributed by atoms with Crippen molar-refractivity contribution in [3.63, 3.8) is 0 Å². The summed E-state index contributed by atoms with van der Waals surface area (Å²) in [6, 6.07) is 7.25. The maximum atomic E-state index is 12.0. The lowest BCUT2D eigenvalue weighted by atomic mass is 10.1. The summed E-state index contributed by atoms with van der Waals surface area (Å²) in [5, 5.41) is 3.27. The Kier molecular flexibility index (Phi) is 3.64. The first kappa shape index (κ1) is 11.9. The molecule has 1 aromatic carbocycles. The molecule has 5 heteroatoms. The van der Waals surface area contributed by atoms with E-state index < -0.39 is 0 Å². The van der Waals surface area contributed by atoms with Crippen molar-refractivity contribution < 1.29 is 9.59 Å². The van der Waals surface area contributed by atoms with Crippen molar-refractivity contribution in [2.45, 2.75) is 6.42 Å². The second kappa shape index (κ2) is 5.19. The Hall–Kier alpha value is -1.55. The van der Waals surface area contributed by atoms with E-state index in [0.717, 1.165) is 5.56 Å². The second-order valence-electron chi connectivity index (χ2n) is 3.93. The zero-order valence-corrected chi connectivity index (χ0v) is 10.0. The van der Waals surface area contributed by atoms with E-state index in [-0.39, 0.29) is 24.8 Å². The molecule has 0 aromatic heterocycles. The Morgan fingerprint density at radius 3 is 2.88 bits per heavy atom. The first-order valence-corrected chi connectivity index (χ1v) is 5.82. The van der Waals surface area contributed by atoms with E-state index in [4.69, 9.17) is 11.6 Å². The Morgan fingerprint density at radius 1 is 1.41 bits per heavy atom. The van der Waals surface area contributed by atoms with Crippen LogP contribution in [0.3, 0.4) is 0 Å². The summed E-state index contributed by atoms with van der Waals surface area (Å²) in [4.78, 5) is 24.7. The molecular weight excluding hydrogens is 240 g/mol. The lowest BCUT2D eigenvalue weighted by Gasteiger charge is -2.26. The molecule has 2 rings (SSSR count). The molecule has 1 fully saturated rings. The predicted molar refractivity (Wildman–Crippen MR) is 64.7 cm³/mol. The summed E-state index contributed by atoms with van der Waals surface area (Å²) in [6.45, 7) is 1.23. The number of hydrogen-bond acceptors (Lipinski definition) is 2. The van der Waals surface area contributed by atoms with Crippen molar-refractivity contribution in [2.24, 2.45) is 0 Å². The van der Waals surface area contributed by atoms with Crippen LogP contribution in [-0.2, 0) is 16.0 Å². The maximum absolute atomic E-state index is 12.0. The fourth-order valence-electron chi connectivity index (χ4n) is 1.77. The van der Waals surface area contributed by atoms with E-state index >= 15 is 0 Å². The Labute approximate surface area is 105 Å². The molecule has 90 valence electrons. The van der Waals surface area contributed by atoms with Gasteiger partial charge < -0.3 is 10.2 Å². The average molecular weight is 253 g/mol. The van der Waals surface area contributed by atoms with E-state index in [9.17, 15) is 9.59 Å². The maximum Gasteiger partial charge on any atom is 0.239 e. The second-order valence-corrected chi connectivity index (χ2v) is 4.34. The summed E-state index contributed by atoms with van der Waals surface area (Å²) >= 11 is 5.99. The molecule has 4 nitrogen and oxygen atoms in total. The van der Waals surface area contributed by atoms with Gasteiger partial charge in [-0.1, -0.05) is 29.8 Å². The van der Waals surface area contributed by atoms with Crippen molar-refractivity contribution in [1.82, 2.24) is 10.2 Å². The molecule has 0 atom stereocenters. The van der Waals surface area contributed by atoms with Gasteiger partial charge in [0.25, 0.3) is 0 Å². The normalized spacial score (nSPS) is 15.6. The molecule has 2 amide bonds. The number of carbonyl (C=O) groups is 2. The topological polar surface area (TPSA) is 49.4 Å². The zero-order valence-electron chi connectivity index (χ0n) is 9.28. The third-order valence-electron chi connectivity index (χ3n) is 2.69. The highest BCUT2D eigenvalue weighted by Crippen LogP contribution is 2.16. The highest BCUT2D eigenvalue weighted by molar-refractivity contribution is 6.31. The van der Waals surface area contributed by atoms with Gasteiger partial charge in [-0.25, -0.2) is 0 Å². The van der Waals surface area contributed by atoms with Crippen molar-refractivity contribution in [2.75, 3.05) is 19.6 Å². The molecule has 1 saturated heterocycles. The largest absolute Gasteiger partial charge is 0.353 e. The van der Waals surface area contributed by atoms with Gasteiger partial charge in [0.15, 0.2) is 0 Å². The molecule has 17 heavy (non-hydrogen) atoms. The van der Waals surface area contributed by atoms with Crippen molar-refractivity contribution >= 4 is 23.4 Å². The summed E-state index contributed by atoms with van der Waals surface area (Å²) in [6.07, 6.45) is 0.243. The molecule has 1 N–H and O–H groups in total. The first-order valence-electron chi connectivity index (χ1n) is 5.44. The van der Waals surface area contributed by atoms with E-state index in [0.29, 0.717) is 18.1 Å². The third-order valence-corrected chi connectivity index (χ3v) is 3.06. The van der Waals surface area contributed by atoms with Gasteiger partial charge in [-0.15, -0.1) is 0 Å². The van der Waals surface area contributed by atoms with Crippen molar-refractivity contribution in [1.29, 1.82) is 0 Å². The molecule has 1 aromatic rings. The van der Waals surface area contributed by atoms with Crippen LogP contribution in [0.1, 0.15) is 5.56 Å². The van der Waals surface area contributed by atoms with E-state index in [2.05, 4.69) is 5.32 Å². The summed E-state index contributed by atoms with van der Waals surface area (Å²) in [7, 11) is 0. The monoisotopic (exact) mass is 252 g/mol. The number of hydrogen-bond donors (Lipinski definition) is 1. The SMILES string of the molecule is O=C1CN(C(=O)Cc2ccccc2Cl)CCN1. The highest BCUT2D eigenvalue weighted by atomic mass is 35.5. The van der Waals surface area contributed by atoms with E-state index in [1.807, 2.05) is 18.2 Å². The van der Waals surface area contributed by atoms with Gasteiger partial charge in [-0.05, 0) is 11.6 Å². The van der Waals surface area contributed by atoms with Crippen LogP contribution in [0.4, 0.5) is 0 Å². The fourth-order valence-corrected chi connectivity index (χ4v) is 1.97. The van der Waals surface area contributed by atoms with Gasteiger partial charge >= 0.3 is 0 Å². The van der Waals surface area contributed by atoms with Gasteiger partial charge in [0.1, 0.15) is 0 Å². The molecule has 1 heterocycles. The smallest absolute Gasteiger partial charge is 0.239 e. The quantitative estimate of drug-likeness (QED) is 0.848. The summed E-state index contributed by atoms with van der Waals surface area (Å²) in [5.74, 6) is -0.170. The molecule has 0 bridgehead atoms. The molecule has 0 unspecified atom stereocenters. The molecular formula is C12H13ClN2O2. The standard InChI is InChI=1S/C12H13ClN2O2/c13-10-4-2-1-3-9(10)7-12(17)15-6-5-14-11(16)8-15/h1-4H,5-8H2,(H,14,16). The highest BCUT2D eigenvalue weighted by Gasteiger charge is 2.21. The predicted octanol–water partition coefficient (Wildman–Crippen LogP) is 0.841. The molecule has 0 aliphatic carbocycles. The number of nitrogens with one attached hydrogen (secondary N) is 1. The van der Waals surface area contributed by atoms with Crippen LogP contribution in [0.5, 0.6) is 0 Å². The minimum Gasteiger partial charge on any atom is -0.353 e. The molecule has 1 aliphatic rings. The number of rotatable bonds is 2. The lowest BCUT2D eigenvalue weighted by molar-refractivity contribution is -0.137. The number of nitrogens with zero attached hydrogens (tertiary/aromatic N) is 1. The molecule has 1 aliphatic heterocycles. The molecule has 0 spiro atoms. The van der Waals surface area contributed by atoms with Crippen molar-refractivity contribution in [3.05, 3.63) is 34.9 Å². The number of amides is 2. The van der Waals surface area contributed by atoms with Crippen LogP contribution >= 0.6 is 11.6 Å². The molecule has 0 saturated carbocycles. The van der Waals surface area contributed by atoms with E-state index in [1.165, 1.54) is 0 Å². The van der Waals surface area contributed by atoms with Crippen LogP contribution in [0, 0.1) is 0 Å². The minimum absolute atomic E-state index is 0.0621. The van der Waals surface area contributed by atoms with E-state index in [1.54, 1.807) is 11.0 Å². The van der Waals surface area contributed by atoms with Gasteiger partial charge in [0.2, 0.25) is 11.8 Å². The van der Waals surface area contributed by atoms with Crippen LogP contribution in [0.25, 0.3) is 0 Å². The van der Waals surface area contributed by atoms with Gasteiger partial charge in [-0.2, -0.15) is 0 Å². The Balaban J connectivity index is 2.02. The third kappa shape index (κ3) is 2.97. The number of piperazine rings is 1. The lowest BCUT2D eigenvalue weighted by Crippen LogP contribution is -2.50. The summed E-state index contributed by atoms with van der Waals surface area (Å²) in [5.41, 5.74) is 0.796.